The Morgan fingerprint density at radius 2 is 1.59 bits per heavy atom. The van der Waals surface area contributed by atoms with Crippen LogP contribution in [0.1, 0.15) is 47.5 Å². The zero-order valence-electron chi connectivity index (χ0n) is 11.8. The first-order chi connectivity index (χ1) is 7.75. The molecule has 0 aromatic carbocycles. The number of carbonyl (C=O) groups excluding carboxylic acids is 2. The van der Waals surface area contributed by atoms with Crippen LogP contribution in [0.2, 0.25) is 0 Å². The van der Waals surface area contributed by atoms with Crippen LogP contribution in [0.15, 0.2) is 0 Å². The predicted molar refractivity (Wildman–Crippen MR) is 65.4 cm³/mol. The van der Waals surface area contributed by atoms with Gasteiger partial charge in [-0.25, -0.2) is 4.79 Å². The van der Waals surface area contributed by atoms with E-state index in [2.05, 4.69) is 4.74 Å². The molecular formula is C13H24O4. The lowest BCUT2D eigenvalue weighted by molar-refractivity contribution is -0.170. The predicted octanol–water partition coefficient (Wildman–Crippen LogP) is 2.56. The highest BCUT2D eigenvalue weighted by atomic mass is 16.6. The third kappa shape index (κ3) is 3.45. The minimum Gasteiger partial charge on any atom is -0.466 e. The molecule has 4 nitrogen and oxygen atoms in total. The molecule has 0 aliphatic rings. The minimum absolute atomic E-state index is 0.172. The summed E-state index contributed by atoms with van der Waals surface area (Å²) in [5.41, 5.74) is -0.759. The molecule has 100 valence electrons. The number of carbonyl (C=O) groups is 2. The van der Waals surface area contributed by atoms with Crippen molar-refractivity contribution in [2.75, 3.05) is 13.7 Å². The van der Waals surface area contributed by atoms with Crippen molar-refractivity contribution in [3.05, 3.63) is 0 Å². The molecule has 0 aromatic heterocycles. The molecule has 0 aliphatic carbocycles. The average Bonchev–Trinajstić information content (AvgIpc) is 2.33. The lowest BCUT2D eigenvalue weighted by Crippen LogP contribution is -2.43. The molecule has 0 amide bonds. The third-order valence-corrected chi connectivity index (χ3v) is 4.08. The lowest BCUT2D eigenvalue weighted by Gasteiger charge is -2.41. The first-order valence-electron chi connectivity index (χ1n) is 5.99. The first kappa shape index (κ1) is 15.9. The molecule has 0 saturated heterocycles. The van der Waals surface area contributed by atoms with Gasteiger partial charge >= 0.3 is 11.9 Å². The van der Waals surface area contributed by atoms with E-state index >= 15 is 0 Å². The Morgan fingerprint density at radius 1 is 1.06 bits per heavy atom. The zero-order chi connectivity index (χ0) is 13.7. The van der Waals surface area contributed by atoms with Gasteiger partial charge in [0.2, 0.25) is 0 Å². The van der Waals surface area contributed by atoms with Crippen molar-refractivity contribution >= 4 is 11.9 Å². The molecule has 4 heteroatoms. The quantitative estimate of drug-likeness (QED) is 0.674. The van der Waals surface area contributed by atoms with Crippen LogP contribution in [-0.4, -0.2) is 25.7 Å². The minimum atomic E-state index is -0.588. The van der Waals surface area contributed by atoms with Gasteiger partial charge < -0.3 is 9.47 Å². The second-order valence-corrected chi connectivity index (χ2v) is 5.08. The maximum Gasteiger partial charge on any atom is 0.344 e. The highest BCUT2D eigenvalue weighted by Gasteiger charge is 2.46. The number of ether oxygens (including phenoxy) is 2. The summed E-state index contributed by atoms with van der Waals surface area (Å²) in [6.07, 6.45) is 1.54. The molecule has 1 atom stereocenters. The van der Waals surface area contributed by atoms with Crippen molar-refractivity contribution in [1.29, 1.82) is 0 Å². The van der Waals surface area contributed by atoms with E-state index in [4.69, 9.17) is 4.74 Å². The normalized spacial score (nSPS) is 14.9. The van der Waals surface area contributed by atoms with Crippen molar-refractivity contribution in [2.24, 2.45) is 10.8 Å². The van der Waals surface area contributed by atoms with Gasteiger partial charge in [-0.3, -0.25) is 4.79 Å². The smallest absolute Gasteiger partial charge is 0.344 e. The fourth-order valence-corrected chi connectivity index (χ4v) is 1.63. The summed E-state index contributed by atoms with van der Waals surface area (Å²) in [5.74, 6) is -0.872. The molecular weight excluding hydrogens is 220 g/mol. The third-order valence-electron chi connectivity index (χ3n) is 4.08. The summed E-state index contributed by atoms with van der Waals surface area (Å²) in [4.78, 5) is 23.0. The Labute approximate surface area is 104 Å². The Hall–Kier alpha value is -1.06. The Bertz CT molecular complexity index is 283. The van der Waals surface area contributed by atoms with E-state index in [1.807, 2.05) is 34.6 Å². The summed E-state index contributed by atoms with van der Waals surface area (Å²) in [6, 6.07) is 0. The summed E-state index contributed by atoms with van der Waals surface area (Å²) in [7, 11) is 1.27. The van der Waals surface area contributed by atoms with E-state index in [1.54, 1.807) is 0 Å². The van der Waals surface area contributed by atoms with Crippen molar-refractivity contribution < 1.29 is 19.1 Å². The molecule has 0 bridgehead atoms. The second-order valence-electron chi connectivity index (χ2n) is 5.08. The van der Waals surface area contributed by atoms with Gasteiger partial charge in [0.05, 0.1) is 12.5 Å². The number of methoxy groups -OCH3 is 1. The maximum atomic E-state index is 12.1. The molecule has 0 heterocycles. The van der Waals surface area contributed by atoms with Crippen LogP contribution in [0, 0.1) is 10.8 Å². The molecule has 0 N–H and O–H groups in total. The maximum absolute atomic E-state index is 12.1. The van der Waals surface area contributed by atoms with E-state index in [-0.39, 0.29) is 18.0 Å². The second kappa shape index (κ2) is 6.03. The van der Waals surface area contributed by atoms with Gasteiger partial charge in [-0.15, -0.1) is 0 Å². The first-order valence-corrected chi connectivity index (χ1v) is 5.99. The Kier molecular flexibility index (Phi) is 5.66. The molecule has 0 aliphatic heterocycles. The number of rotatable bonds is 6. The van der Waals surface area contributed by atoms with Crippen molar-refractivity contribution in [3.63, 3.8) is 0 Å². The highest BCUT2D eigenvalue weighted by Crippen LogP contribution is 2.44. The number of esters is 2. The van der Waals surface area contributed by atoms with E-state index in [1.165, 1.54) is 7.11 Å². The Morgan fingerprint density at radius 3 is 1.94 bits per heavy atom. The number of hydrogen-bond donors (Lipinski definition) is 0. The lowest BCUT2D eigenvalue weighted by atomic mass is 9.64. The fourth-order valence-electron chi connectivity index (χ4n) is 1.63. The van der Waals surface area contributed by atoms with E-state index in [0.717, 1.165) is 6.42 Å². The topological polar surface area (TPSA) is 52.6 Å². The van der Waals surface area contributed by atoms with Gasteiger partial charge in [-0.05, 0) is 25.2 Å². The van der Waals surface area contributed by atoms with E-state index < -0.39 is 11.4 Å². The van der Waals surface area contributed by atoms with Gasteiger partial charge in [0.15, 0.2) is 6.61 Å². The van der Waals surface area contributed by atoms with Gasteiger partial charge in [0.25, 0.3) is 0 Å². The van der Waals surface area contributed by atoms with Crippen LogP contribution >= 0.6 is 0 Å². The van der Waals surface area contributed by atoms with E-state index in [0.29, 0.717) is 6.42 Å². The average molecular weight is 244 g/mol. The molecule has 17 heavy (non-hydrogen) atoms. The van der Waals surface area contributed by atoms with Gasteiger partial charge in [-0.1, -0.05) is 27.7 Å². The molecule has 0 spiro atoms. The van der Waals surface area contributed by atoms with Gasteiger partial charge in [-0.2, -0.15) is 0 Å². The molecule has 0 saturated carbocycles. The van der Waals surface area contributed by atoms with Crippen LogP contribution in [0.3, 0.4) is 0 Å². The summed E-state index contributed by atoms with van der Waals surface area (Å²) in [6.45, 7) is 9.64. The van der Waals surface area contributed by atoms with Crippen LogP contribution < -0.4 is 0 Å². The Balaban J connectivity index is 4.76. The molecule has 0 radical (unpaired) electrons. The molecule has 1 unspecified atom stereocenters. The number of hydrogen-bond acceptors (Lipinski definition) is 4. The molecule has 0 rings (SSSR count). The standard InChI is InChI=1S/C13H24O4/c1-7-12(3,4)13(5,8-2)11(15)17-9-10(14)16-6/h7-9H2,1-6H3. The molecule has 0 fully saturated rings. The molecule has 0 aromatic rings. The summed E-state index contributed by atoms with van der Waals surface area (Å²) in [5, 5.41) is 0. The van der Waals surface area contributed by atoms with Gasteiger partial charge in [0, 0.05) is 0 Å². The zero-order valence-corrected chi connectivity index (χ0v) is 11.8. The SMILES string of the molecule is CCC(C)(C)C(C)(CC)C(=O)OCC(=O)OC. The van der Waals surface area contributed by atoms with Crippen molar-refractivity contribution in [1.82, 2.24) is 0 Å². The van der Waals surface area contributed by atoms with E-state index in [9.17, 15) is 9.59 Å². The largest absolute Gasteiger partial charge is 0.466 e. The summed E-state index contributed by atoms with van der Waals surface area (Å²) >= 11 is 0. The van der Waals surface area contributed by atoms with Crippen LogP contribution in [0.25, 0.3) is 0 Å². The highest BCUT2D eigenvalue weighted by molar-refractivity contribution is 5.80. The summed E-state index contributed by atoms with van der Waals surface area (Å²) < 4.78 is 9.47. The van der Waals surface area contributed by atoms with Crippen LogP contribution in [0.5, 0.6) is 0 Å². The monoisotopic (exact) mass is 244 g/mol. The van der Waals surface area contributed by atoms with Crippen molar-refractivity contribution in [3.8, 4) is 0 Å². The van der Waals surface area contributed by atoms with Crippen LogP contribution in [-0.2, 0) is 19.1 Å². The van der Waals surface area contributed by atoms with Crippen LogP contribution in [0.4, 0.5) is 0 Å². The fraction of sp³-hybridized carbons (Fsp3) is 0.846. The van der Waals surface area contributed by atoms with Crippen molar-refractivity contribution in [2.45, 2.75) is 47.5 Å². The van der Waals surface area contributed by atoms with Gasteiger partial charge in [0.1, 0.15) is 0 Å².